The normalized spacial score (nSPS) is 13.9. The van der Waals surface area contributed by atoms with Crippen molar-refractivity contribution in [1.29, 1.82) is 0 Å². The van der Waals surface area contributed by atoms with Crippen molar-refractivity contribution >= 4 is 64.5 Å². The molecule has 0 aliphatic rings. The number of phosphoric ester groups is 1. The second kappa shape index (κ2) is 16.6. The summed E-state index contributed by atoms with van der Waals surface area (Å²) in [7, 11) is -3.96. The summed E-state index contributed by atoms with van der Waals surface area (Å²) in [4.78, 5) is 27.5. The van der Waals surface area contributed by atoms with E-state index in [1.165, 1.54) is 48.4 Å². The van der Waals surface area contributed by atoms with Crippen LogP contribution in [0.3, 0.4) is 0 Å². The lowest BCUT2D eigenvalue weighted by Crippen LogP contribution is -2.19. The van der Waals surface area contributed by atoms with E-state index in [4.69, 9.17) is 65.4 Å². The number of phosphoric acid groups is 2. The van der Waals surface area contributed by atoms with Crippen molar-refractivity contribution in [3.8, 4) is 11.5 Å². The molecule has 0 radical (unpaired) electrons. The predicted molar refractivity (Wildman–Crippen MR) is 163 cm³/mol. The quantitative estimate of drug-likeness (QED) is 0.130. The van der Waals surface area contributed by atoms with E-state index in [9.17, 15) is 9.13 Å². The van der Waals surface area contributed by atoms with Gasteiger partial charge in [-0.2, -0.15) is 4.31 Å². The van der Waals surface area contributed by atoms with Gasteiger partial charge in [-0.25, -0.2) is 9.13 Å². The Kier molecular flexibility index (Phi) is 15.6. The SMILES string of the molecule is C=CC(C)(C)OP(=O)(O)OP(=O)(O)O.COP(=S)(OC)Oc1ccc(Sc2ccc(OP(=S)(OC)OC)cc2)cc1. The molecule has 2 aromatic rings. The highest BCUT2D eigenvalue weighted by molar-refractivity contribution is 8.08. The monoisotopic (exact) mass is 712 g/mol. The molecule has 2 aromatic carbocycles. The van der Waals surface area contributed by atoms with E-state index in [1.807, 2.05) is 48.5 Å². The van der Waals surface area contributed by atoms with Crippen molar-refractivity contribution < 1.29 is 59.8 Å². The zero-order valence-corrected chi connectivity index (χ0v) is 28.9. The molecule has 0 spiro atoms. The molecule has 20 heteroatoms. The molecule has 0 saturated heterocycles. The van der Waals surface area contributed by atoms with E-state index in [1.54, 1.807) is 11.8 Å². The molecule has 232 valence electrons. The Morgan fingerprint density at radius 3 is 1.37 bits per heavy atom. The second-order valence-corrected chi connectivity index (χ2v) is 18.0. The van der Waals surface area contributed by atoms with E-state index in [0.29, 0.717) is 11.5 Å². The maximum Gasteiger partial charge on any atom is 0.481 e. The molecule has 1 unspecified atom stereocenters. The fraction of sp³-hybridized carbons (Fsp3) is 0.333. The lowest BCUT2D eigenvalue weighted by atomic mass is 10.1. The first-order valence-electron chi connectivity index (χ1n) is 11.0. The molecule has 0 amide bonds. The molecular formula is C21H32O13P4S3. The van der Waals surface area contributed by atoms with Gasteiger partial charge in [0.2, 0.25) is 0 Å². The molecule has 0 bridgehead atoms. The van der Waals surface area contributed by atoms with Crippen LogP contribution in [0, 0.1) is 0 Å². The summed E-state index contributed by atoms with van der Waals surface area (Å²) >= 11 is 12.0. The third-order valence-electron chi connectivity index (χ3n) is 4.26. The molecule has 3 N–H and O–H groups in total. The van der Waals surface area contributed by atoms with Gasteiger partial charge in [0.15, 0.2) is 0 Å². The van der Waals surface area contributed by atoms with Gasteiger partial charge in [0.1, 0.15) is 11.5 Å². The highest BCUT2D eigenvalue weighted by Crippen LogP contribution is 2.59. The van der Waals surface area contributed by atoms with Crippen LogP contribution in [0.2, 0.25) is 0 Å². The zero-order chi connectivity index (χ0) is 31.5. The van der Waals surface area contributed by atoms with E-state index >= 15 is 0 Å². The summed E-state index contributed by atoms with van der Waals surface area (Å²) in [6.45, 7) is 0.614. The minimum Gasteiger partial charge on any atom is -0.424 e. The van der Waals surface area contributed by atoms with Crippen LogP contribution in [0.25, 0.3) is 0 Å². The Bertz CT molecular complexity index is 1230. The van der Waals surface area contributed by atoms with Crippen molar-refractivity contribution in [2.75, 3.05) is 28.4 Å². The Morgan fingerprint density at radius 2 is 1.10 bits per heavy atom. The van der Waals surface area contributed by atoms with E-state index in [0.717, 1.165) is 9.79 Å². The van der Waals surface area contributed by atoms with Gasteiger partial charge >= 0.3 is 29.1 Å². The van der Waals surface area contributed by atoms with Crippen LogP contribution < -0.4 is 9.05 Å². The zero-order valence-electron chi connectivity index (χ0n) is 22.8. The minimum absolute atomic E-state index is 0.597. The van der Waals surface area contributed by atoms with Crippen LogP contribution in [0.5, 0.6) is 11.5 Å². The number of hydrogen-bond acceptors (Lipinski definition) is 13. The van der Waals surface area contributed by atoms with E-state index in [2.05, 4.69) is 15.4 Å². The Hall–Kier alpha value is -0.470. The highest BCUT2D eigenvalue weighted by atomic mass is 32.5. The molecule has 0 aliphatic carbocycles. The van der Waals surface area contributed by atoms with Gasteiger partial charge in [-0.05, 0) is 62.4 Å². The molecular weight excluding hydrogens is 680 g/mol. The third kappa shape index (κ3) is 15.2. The van der Waals surface area contributed by atoms with Gasteiger partial charge in [0.25, 0.3) is 0 Å². The van der Waals surface area contributed by atoms with E-state index < -0.39 is 34.7 Å². The summed E-state index contributed by atoms with van der Waals surface area (Å²) in [5, 5.41) is 0. The van der Waals surface area contributed by atoms with Crippen molar-refractivity contribution in [2.24, 2.45) is 0 Å². The van der Waals surface area contributed by atoms with Crippen molar-refractivity contribution in [1.82, 2.24) is 0 Å². The smallest absolute Gasteiger partial charge is 0.424 e. The Labute approximate surface area is 253 Å². The summed E-state index contributed by atoms with van der Waals surface area (Å²) in [6.07, 6.45) is 1.19. The number of hydrogen-bond donors (Lipinski definition) is 3. The predicted octanol–water partition coefficient (Wildman–Crippen LogP) is 6.81. The molecule has 41 heavy (non-hydrogen) atoms. The average molecular weight is 713 g/mol. The van der Waals surface area contributed by atoms with Crippen LogP contribution in [-0.2, 0) is 59.7 Å². The van der Waals surface area contributed by atoms with Crippen molar-refractivity contribution in [2.45, 2.75) is 29.2 Å². The van der Waals surface area contributed by atoms with Crippen LogP contribution >= 0.6 is 40.8 Å². The highest BCUT2D eigenvalue weighted by Gasteiger charge is 2.36. The van der Waals surface area contributed by atoms with Crippen molar-refractivity contribution in [3.05, 3.63) is 61.2 Å². The fourth-order valence-corrected chi connectivity index (χ4v) is 6.88. The van der Waals surface area contributed by atoms with Gasteiger partial charge < -0.3 is 41.8 Å². The fourth-order valence-electron chi connectivity index (χ4n) is 2.32. The molecule has 13 nitrogen and oxygen atoms in total. The minimum atomic E-state index is -5.06. The summed E-state index contributed by atoms with van der Waals surface area (Å²) in [5.74, 6) is 1.19. The Morgan fingerprint density at radius 1 is 0.756 bits per heavy atom. The van der Waals surface area contributed by atoms with Crippen molar-refractivity contribution in [3.63, 3.8) is 0 Å². The maximum absolute atomic E-state index is 11.0. The van der Waals surface area contributed by atoms with Gasteiger partial charge in [0.05, 0.1) is 5.60 Å². The molecule has 0 saturated carbocycles. The lowest BCUT2D eigenvalue weighted by Gasteiger charge is -2.23. The summed E-state index contributed by atoms with van der Waals surface area (Å²) < 4.78 is 60.9. The molecule has 0 aromatic heterocycles. The van der Waals surface area contributed by atoms with E-state index in [-0.39, 0.29) is 0 Å². The Balaban J connectivity index is 0.000000509. The molecule has 0 heterocycles. The first-order valence-corrected chi connectivity index (χ1v) is 19.9. The molecule has 0 aliphatic heterocycles. The van der Waals surface area contributed by atoms with Gasteiger partial charge in [-0.15, -0.1) is 6.58 Å². The topological polar surface area (TPSA) is 169 Å². The standard InChI is InChI=1S/C16H20O6P2S3.C5H12O7P2/c1-17-23(25,18-2)21-13-5-9-15(10-6-13)27-16-11-7-14(8-12-16)22-24(26,19-3)20-4;1-4-5(2,3)11-14(9,10)12-13(6,7)8/h5-12H,1-4H3;4H,1H2,2-3H3,(H,9,10)(H2,6,7,8). The molecule has 0 fully saturated rings. The van der Waals surface area contributed by atoms with Crippen LogP contribution in [0.1, 0.15) is 13.8 Å². The van der Waals surface area contributed by atoms with Gasteiger partial charge in [-0.1, -0.05) is 17.8 Å². The first-order chi connectivity index (χ1) is 18.8. The first kappa shape index (κ1) is 38.6. The average Bonchev–Trinajstić information content (AvgIpc) is 2.89. The van der Waals surface area contributed by atoms with Crippen LogP contribution in [0.15, 0.2) is 71.0 Å². The molecule has 2 rings (SSSR count). The number of rotatable bonds is 15. The summed E-state index contributed by atoms with van der Waals surface area (Å²) in [6, 6.07) is 15.0. The second-order valence-electron chi connectivity index (χ2n) is 7.79. The lowest BCUT2D eigenvalue weighted by molar-refractivity contribution is 0.100. The largest absolute Gasteiger partial charge is 0.481 e. The maximum atomic E-state index is 11.0. The van der Waals surface area contributed by atoms with Crippen LogP contribution in [-0.4, -0.2) is 48.7 Å². The summed E-state index contributed by atoms with van der Waals surface area (Å²) in [5.41, 5.74) is -1.22. The third-order valence-corrected chi connectivity index (χ3v) is 12.6. The van der Waals surface area contributed by atoms with Gasteiger partial charge in [-0.3, -0.25) is 4.52 Å². The van der Waals surface area contributed by atoms with Crippen LogP contribution in [0.4, 0.5) is 0 Å². The molecule has 1 atom stereocenters. The van der Waals surface area contributed by atoms with Gasteiger partial charge in [0, 0.05) is 61.8 Å². The number of benzene rings is 2.